The zero-order valence-electron chi connectivity index (χ0n) is 20.0. The van der Waals surface area contributed by atoms with Gasteiger partial charge in [-0.25, -0.2) is 13.2 Å². The summed E-state index contributed by atoms with van der Waals surface area (Å²) in [5, 5.41) is 8.35. The van der Waals surface area contributed by atoms with Gasteiger partial charge in [-0.15, -0.1) is 0 Å². The van der Waals surface area contributed by atoms with Gasteiger partial charge in [-0.2, -0.15) is 5.26 Å². The lowest BCUT2D eigenvalue weighted by molar-refractivity contribution is -0.124. The van der Waals surface area contributed by atoms with E-state index in [0.29, 0.717) is 31.8 Å². The molecule has 9 nitrogen and oxygen atoms in total. The number of benzene rings is 1. The lowest BCUT2D eigenvalue weighted by Gasteiger charge is -2.28. The van der Waals surface area contributed by atoms with Crippen molar-refractivity contribution in [1.82, 2.24) is 4.90 Å². The topological polar surface area (TPSA) is 123 Å². The van der Waals surface area contributed by atoms with Crippen molar-refractivity contribution < 1.29 is 32.2 Å². The molecule has 2 aliphatic heterocycles. The van der Waals surface area contributed by atoms with Crippen LogP contribution in [-0.4, -0.2) is 67.9 Å². The molecule has 0 aromatic heterocycles. The molecule has 0 spiro atoms. The van der Waals surface area contributed by atoms with E-state index in [0.717, 1.165) is 0 Å². The molecule has 3 fully saturated rings. The molecular formula is C24H29ClN2O7S. The molecule has 0 N–H and O–H groups in total. The fourth-order valence-corrected chi connectivity index (χ4v) is 6.45. The number of Topliss-reactive ketones (excluding diaryl/α,β-unsaturated/α-hetero) is 1. The van der Waals surface area contributed by atoms with Crippen LogP contribution in [0.15, 0.2) is 23.1 Å². The second kappa shape index (κ2) is 9.26. The maximum Gasteiger partial charge on any atom is 0.410 e. The lowest BCUT2D eigenvalue weighted by atomic mass is 9.96. The highest BCUT2D eigenvalue weighted by atomic mass is 35.5. The van der Waals surface area contributed by atoms with Crippen molar-refractivity contribution in [2.24, 2.45) is 5.41 Å². The molecule has 4 rings (SSSR count). The zero-order valence-corrected chi connectivity index (χ0v) is 21.5. The molecule has 1 aromatic carbocycles. The van der Waals surface area contributed by atoms with E-state index in [9.17, 15) is 23.3 Å². The fraction of sp³-hybridized carbons (Fsp3) is 0.625. The molecule has 1 amide bonds. The molecule has 35 heavy (non-hydrogen) atoms. The average molecular weight is 525 g/mol. The number of nitrogens with zero attached hydrogens (tertiary/aromatic N) is 2. The fourth-order valence-electron chi connectivity index (χ4n) is 4.22. The van der Waals surface area contributed by atoms with E-state index < -0.39 is 38.2 Å². The van der Waals surface area contributed by atoms with Crippen LogP contribution in [0.2, 0.25) is 5.02 Å². The van der Waals surface area contributed by atoms with Gasteiger partial charge in [-0.3, -0.25) is 9.69 Å². The zero-order chi connectivity index (χ0) is 25.6. The quantitative estimate of drug-likeness (QED) is 0.530. The third kappa shape index (κ3) is 5.57. The Balaban J connectivity index is 1.57. The Kier molecular flexibility index (Phi) is 6.81. The normalized spacial score (nSPS) is 23.8. The standard InChI is InChI=1S/C24H29ClN2O7S/c1-23(2,3)34-22(29)27-11-17(9-19(27)20(28)10-24(14-26)6-7-24)35(30,31)21-5-4-15(8-18(21)25)33-16-12-32-13-16/h4-5,8,16-17,19H,6-7,9-13H2,1-3H3/t17-,19+/m1/s1. The average Bonchev–Trinajstić information content (AvgIpc) is 3.34. The van der Waals surface area contributed by atoms with Gasteiger partial charge in [0.05, 0.1) is 45.9 Å². The first-order valence-corrected chi connectivity index (χ1v) is 13.5. The van der Waals surface area contributed by atoms with E-state index in [2.05, 4.69) is 6.07 Å². The minimum Gasteiger partial charge on any atom is -0.486 e. The second-order valence-corrected chi connectivity index (χ2v) is 13.1. The Morgan fingerprint density at radius 1 is 1.29 bits per heavy atom. The molecule has 2 saturated heterocycles. The Morgan fingerprint density at radius 2 is 1.97 bits per heavy atom. The molecule has 11 heteroatoms. The number of sulfone groups is 1. The number of hydrogen-bond acceptors (Lipinski definition) is 8. The van der Waals surface area contributed by atoms with Gasteiger partial charge < -0.3 is 14.2 Å². The molecule has 190 valence electrons. The number of ether oxygens (including phenoxy) is 3. The third-order valence-electron chi connectivity index (χ3n) is 6.42. The summed E-state index contributed by atoms with van der Waals surface area (Å²) in [5.41, 5.74) is -1.53. The van der Waals surface area contributed by atoms with Crippen LogP contribution < -0.4 is 4.74 Å². The van der Waals surface area contributed by atoms with Crippen molar-refractivity contribution in [2.45, 2.75) is 74.3 Å². The summed E-state index contributed by atoms with van der Waals surface area (Å²) in [7, 11) is -4.00. The van der Waals surface area contributed by atoms with Gasteiger partial charge >= 0.3 is 6.09 Å². The molecule has 3 aliphatic rings. The molecule has 0 bridgehead atoms. The summed E-state index contributed by atoms with van der Waals surface area (Å²) in [4.78, 5) is 27.2. The molecule has 1 saturated carbocycles. The van der Waals surface area contributed by atoms with Crippen molar-refractivity contribution in [2.75, 3.05) is 19.8 Å². The highest BCUT2D eigenvalue weighted by molar-refractivity contribution is 7.92. The summed E-state index contributed by atoms with van der Waals surface area (Å²) < 4.78 is 43.3. The minimum atomic E-state index is -4.00. The van der Waals surface area contributed by atoms with Crippen molar-refractivity contribution in [3.63, 3.8) is 0 Å². The first-order valence-electron chi connectivity index (χ1n) is 11.5. The Labute approximate surface area is 210 Å². The maximum absolute atomic E-state index is 13.5. The molecule has 1 aliphatic carbocycles. The van der Waals surface area contributed by atoms with Gasteiger partial charge in [0.15, 0.2) is 15.6 Å². The van der Waals surface area contributed by atoms with Crippen LogP contribution in [0.3, 0.4) is 0 Å². The van der Waals surface area contributed by atoms with Crippen LogP contribution in [-0.2, 0) is 24.1 Å². The molecule has 2 atom stereocenters. The Morgan fingerprint density at radius 3 is 2.49 bits per heavy atom. The van der Waals surface area contributed by atoms with E-state index in [4.69, 9.17) is 25.8 Å². The number of rotatable bonds is 7. The van der Waals surface area contributed by atoms with Crippen LogP contribution in [0, 0.1) is 16.7 Å². The number of nitriles is 1. The number of halogens is 1. The summed E-state index contributed by atoms with van der Waals surface area (Å²) in [6.07, 6.45) is 0.280. The highest BCUT2D eigenvalue weighted by Crippen LogP contribution is 2.49. The van der Waals surface area contributed by atoms with Crippen molar-refractivity contribution >= 4 is 33.3 Å². The first-order chi connectivity index (χ1) is 16.3. The maximum atomic E-state index is 13.5. The molecule has 0 radical (unpaired) electrons. The van der Waals surface area contributed by atoms with E-state index in [1.54, 1.807) is 20.8 Å². The van der Waals surface area contributed by atoms with Crippen molar-refractivity contribution in [1.29, 1.82) is 5.26 Å². The van der Waals surface area contributed by atoms with Crippen LogP contribution in [0.4, 0.5) is 4.79 Å². The van der Waals surface area contributed by atoms with Gasteiger partial charge in [0, 0.05) is 19.0 Å². The van der Waals surface area contributed by atoms with Crippen LogP contribution in [0.25, 0.3) is 0 Å². The summed E-state index contributed by atoms with van der Waals surface area (Å²) in [6, 6.07) is 5.55. The van der Waals surface area contributed by atoms with Gasteiger partial charge in [0.25, 0.3) is 0 Å². The predicted molar refractivity (Wildman–Crippen MR) is 126 cm³/mol. The van der Waals surface area contributed by atoms with Gasteiger partial charge in [0.2, 0.25) is 0 Å². The summed E-state index contributed by atoms with van der Waals surface area (Å²) >= 11 is 6.34. The van der Waals surface area contributed by atoms with E-state index in [1.807, 2.05) is 0 Å². The molecule has 1 aromatic rings. The monoisotopic (exact) mass is 524 g/mol. The summed E-state index contributed by atoms with van der Waals surface area (Å²) in [5.74, 6) is 0.105. The SMILES string of the molecule is CC(C)(C)OC(=O)N1C[C@H](S(=O)(=O)c2ccc(OC3COC3)cc2Cl)C[C@H]1C(=O)CC1(C#N)CC1. The number of carbonyl (C=O) groups excluding carboxylic acids is 2. The van der Waals surface area contributed by atoms with E-state index in [1.165, 1.54) is 23.1 Å². The number of likely N-dealkylation sites (tertiary alicyclic amines) is 1. The van der Waals surface area contributed by atoms with Crippen molar-refractivity contribution in [3.8, 4) is 11.8 Å². The molecular weight excluding hydrogens is 496 g/mol. The predicted octanol–water partition coefficient (Wildman–Crippen LogP) is 3.53. The smallest absolute Gasteiger partial charge is 0.410 e. The van der Waals surface area contributed by atoms with Crippen LogP contribution >= 0.6 is 11.6 Å². The number of ketones is 1. The van der Waals surface area contributed by atoms with Gasteiger partial charge in [-0.05, 0) is 52.2 Å². The van der Waals surface area contributed by atoms with Gasteiger partial charge in [0.1, 0.15) is 17.5 Å². The lowest BCUT2D eigenvalue weighted by Crippen LogP contribution is -2.44. The largest absolute Gasteiger partial charge is 0.486 e. The van der Waals surface area contributed by atoms with Crippen LogP contribution in [0.1, 0.15) is 46.5 Å². The Bertz CT molecular complexity index is 1160. The molecule has 0 unspecified atom stereocenters. The first kappa shape index (κ1) is 25.7. The van der Waals surface area contributed by atoms with E-state index in [-0.39, 0.29) is 41.2 Å². The van der Waals surface area contributed by atoms with E-state index >= 15 is 0 Å². The Hall–Kier alpha value is -2.35. The minimum absolute atomic E-state index is 0.00255. The number of carbonyl (C=O) groups is 2. The highest BCUT2D eigenvalue weighted by Gasteiger charge is 2.51. The third-order valence-corrected chi connectivity index (χ3v) is 9.04. The second-order valence-electron chi connectivity index (χ2n) is 10.5. The van der Waals surface area contributed by atoms with Crippen molar-refractivity contribution in [3.05, 3.63) is 23.2 Å². The number of amides is 1. The van der Waals surface area contributed by atoms with Gasteiger partial charge in [-0.1, -0.05) is 11.6 Å². The number of hydrogen-bond donors (Lipinski definition) is 0. The summed E-state index contributed by atoms with van der Waals surface area (Å²) in [6.45, 7) is 5.80. The molecule has 2 heterocycles. The van der Waals surface area contributed by atoms with Crippen LogP contribution in [0.5, 0.6) is 5.75 Å².